The molecule has 0 aliphatic rings. The Bertz CT molecular complexity index is 754. The molecule has 1 aromatic heterocycles. The Labute approximate surface area is 127 Å². The first kappa shape index (κ1) is 14.8. The third-order valence-corrected chi connectivity index (χ3v) is 3.82. The maximum absolute atomic E-state index is 13.6. The third kappa shape index (κ3) is 2.92. The summed E-state index contributed by atoms with van der Waals surface area (Å²) in [4.78, 5) is 18.5. The number of alkyl halides is 1. The lowest BCUT2D eigenvalue weighted by Gasteiger charge is -2.07. The molecule has 4 nitrogen and oxygen atoms in total. The molecule has 7 heteroatoms. The van der Waals surface area contributed by atoms with E-state index in [1.807, 2.05) is 6.07 Å². The molecule has 0 fully saturated rings. The zero-order valence-electron chi connectivity index (χ0n) is 10.4. The van der Waals surface area contributed by atoms with E-state index in [1.54, 1.807) is 12.3 Å². The number of benzene rings is 1. The van der Waals surface area contributed by atoms with Crippen molar-refractivity contribution < 1.29 is 4.39 Å². The van der Waals surface area contributed by atoms with Crippen molar-refractivity contribution in [2.24, 2.45) is 0 Å². The highest BCUT2D eigenvalue weighted by Crippen LogP contribution is 2.24. The van der Waals surface area contributed by atoms with Gasteiger partial charge in [0.1, 0.15) is 17.4 Å². The van der Waals surface area contributed by atoms with Crippen LogP contribution in [0.25, 0.3) is 11.3 Å². The highest BCUT2D eigenvalue weighted by molar-refractivity contribution is 9.08. The van der Waals surface area contributed by atoms with Crippen LogP contribution in [0, 0.1) is 17.1 Å². The summed E-state index contributed by atoms with van der Waals surface area (Å²) in [6.45, 7) is 0. The monoisotopic (exact) mass is 353 g/mol. The number of thioether (sulfide) groups is 1. The van der Waals surface area contributed by atoms with E-state index >= 15 is 0 Å². The van der Waals surface area contributed by atoms with Gasteiger partial charge in [-0.25, -0.2) is 9.37 Å². The van der Waals surface area contributed by atoms with Gasteiger partial charge in [-0.3, -0.25) is 4.79 Å². The number of halogens is 2. The van der Waals surface area contributed by atoms with E-state index in [2.05, 4.69) is 25.9 Å². The van der Waals surface area contributed by atoms with Gasteiger partial charge in [0.15, 0.2) is 5.16 Å². The summed E-state index contributed by atoms with van der Waals surface area (Å²) in [5.74, 6) is -0.436. The van der Waals surface area contributed by atoms with E-state index in [0.29, 0.717) is 21.6 Å². The van der Waals surface area contributed by atoms with Gasteiger partial charge in [-0.2, -0.15) is 5.26 Å². The average Bonchev–Trinajstić information content (AvgIpc) is 2.45. The summed E-state index contributed by atoms with van der Waals surface area (Å²) in [7, 11) is 0. The molecular formula is C13H9BrFN3OS. The number of nitriles is 1. The molecule has 1 N–H and O–H groups in total. The Balaban J connectivity index is 2.74. The summed E-state index contributed by atoms with van der Waals surface area (Å²) >= 11 is 4.50. The van der Waals surface area contributed by atoms with Gasteiger partial charge in [-0.05, 0) is 30.0 Å². The zero-order valence-corrected chi connectivity index (χ0v) is 12.8. The maximum Gasteiger partial charge on any atom is 0.270 e. The van der Waals surface area contributed by atoms with Crippen molar-refractivity contribution in [2.45, 2.75) is 10.5 Å². The molecule has 2 aromatic rings. The lowest BCUT2D eigenvalue weighted by molar-refractivity contribution is 0.627. The fraction of sp³-hybridized carbons (Fsp3) is 0.154. The third-order valence-electron chi connectivity index (χ3n) is 2.59. The fourth-order valence-corrected chi connectivity index (χ4v) is 2.43. The highest BCUT2D eigenvalue weighted by Gasteiger charge is 2.14. The van der Waals surface area contributed by atoms with Gasteiger partial charge in [0.05, 0.1) is 5.69 Å². The minimum Gasteiger partial charge on any atom is -0.300 e. The first-order valence-electron chi connectivity index (χ1n) is 5.53. The van der Waals surface area contributed by atoms with Gasteiger partial charge in [-0.15, -0.1) is 0 Å². The standard InChI is InChI=1S/C13H9BrFN3OS/c1-20-13-17-11(10(6-16)12(19)18-13)8-2-7(5-14)3-9(15)4-8/h2-4H,5H2,1H3,(H,17,18,19). The number of hydrogen-bond acceptors (Lipinski definition) is 4. The second kappa shape index (κ2) is 6.20. The molecule has 0 bridgehead atoms. The molecule has 102 valence electrons. The van der Waals surface area contributed by atoms with Crippen LogP contribution in [0.2, 0.25) is 0 Å². The van der Waals surface area contributed by atoms with E-state index < -0.39 is 11.4 Å². The number of aromatic amines is 1. The Kier molecular flexibility index (Phi) is 4.57. The molecule has 1 aromatic carbocycles. The summed E-state index contributed by atoms with van der Waals surface area (Å²) < 4.78 is 13.6. The van der Waals surface area contributed by atoms with Gasteiger partial charge in [0, 0.05) is 10.9 Å². The van der Waals surface area contributed by atoms with Crippen LogP contribution in [0.4, 0.5) is 4.39 Å². The van der Waals surface area contributed by atoms with Crippen molar-refractivity contribution in [2.75, 3.05) is 6.26 Å². The summed E-state index contributed by atoms with van der Waals surface area (Å²) in [6, 6.07) is 6.16. The Morgan fingerprint density at radius 3 is 2.85 bits per heavy atom. The normalized spacial score (nSPS) is 10.3. The number of H-pyrrole nitrogens is 1. The van der Waals surface area contributed by atoms with Crippen molar-refractivity contribution in [1.82, 2.24) is 9.97 Å². The van der Waals surface area contributed by atoms with Crippen LogP contribution in [-0.2, 0) is 5.33 Å². The molecular weight excluding hydrogens is 345 g/mol. The van der Waals surface area contributed by atoms with Gasteiger partial charge in [0.2, 0.25) is 0 Å². The molecule has 0 amide bonds. The molecule has 0 unspecified atom stereocenters. The van der Waals surface area contributed by atoms with Gasteiger partial charge >= 0.3 is 0 Å². The van der Waals surface area contributed by atoms with Crippen LogP contribution in [0.5, 0.6) is 0 Å². The van der Waals surface area contributed by atoms with E-state index in [9.17, 15) is 9.18 Å². The second-order valence-corrected chi connectivity index (χ2v) is 5.25. The molecule has 0 saturated carbocycles. The van der Waals surface area contributed by atoms with E-state index in [4.69, 9.17) is 5.26 Å². The summed E-state index contributed by atoms with van der Waals surface area (Å²) in [5, 5.41) is 9.95. The molecule has 0 atom stereocenters. The van der Waals surface area contributed by atoms with E-state index in [1.165, 1.54) is 23.9 Å². The largest absolute Gasteiger partial charge is 0.300 e. The van der Waals surface area contributed by atoms with E-state index in [0.717, 1.165) is 0 Å². The maximum atomic E-state index is 13.6. The topological polar surface area (TPSA) is 69.5 Å². The Hall–Kier alpha value is -1.65. The predicted molar refractivity (Wildman–Crippen MR) is 79.4 cm³/mol. The molecule has 0 saturated heterocycles. The smallest absolute Gasteiger partial charge is 0.270 e. The summed E-state index contributed by atoms with van der Waals surface area (Å²) in [6.07, 6.45) is 1.75. The molecule has 0 radical (unpaired) electrons. The van der Waals surface area contributed by atoms with Crippen LogP contribution in [0.3, 0.4) is 0 Å². The summed E-state index contributed by atoms with van der Waals surface area (Å²) in [5.41, 5.74) is 0.678. The van der Waals surface area contributed by atoms with Crippen LogP contribution in [0.1, 0.15) is 11.1 Å². The predicted octanol–water partition coefficient (Wildman–Crippen LogP) is 3.06. The van der Waals surface area contributed by atoms with Gasteiger partial charge in [-0.1, -0.05) is 27.7 Å². The van der Waals surface area contributed by atoms with Crippen LogP contribution in [-0.4, -0.2) is 16.2 Å². The minimum atomic E-state index is -0.522. The van der Waals surface area contributed by atoms with Crippen molar-refractivity contribution >= 4 is 27.7 Å². The van der Waals surface area contributed by atoms with Gasteiger partial charge in [0.25, 0.3) is 5.56 Å². The van der Waals surface area contributed by atoms with E-state index in [-0.39, 0.29) is 11.3 Å². The first-order valence-corrected chi connectivity index (χ1v) is 7.88. The Morgan fingerprint density at radius 1 is 1.50 bits per heavy atom. The van der Waals surface area contributed by atoms with Crippen molar-refractivity contribution in [3.63, 3.8) is 0 Å². The van der Waals surface area contributed by atoms with Gasteiger partial charge < -0.3 is 4.98 Å². The van der Waals surface area contributed by atoms with Crippen LogP contribution >= 0.6 is 27.7 Å². The molecule has 20 heavy (non-hydrogen) atoms. The number of nitrogens with one attached hydrogen (secondary N) is 1. The number of nitrogens with zero attached hydrogens (tertiary/aromatic N) is 2. The Morgan fingerprint density at radius 2 is 2.25 bits per heavy atom. The molecule has 0 aliphatic carbocycles. The highest BCUT2D eigenvalue weighted by atomic mass is 79.9. The van der Waals surface area contributed by atoms with Crippen molar-refractivity contribution in [3.05, 3.63) is 45.5 Å². The minimum absolute atomic E-state index is 0.117. The lowest BCUT2D eigenvalue weighted by Crippen LogP contribution is -2.14. The van der Waals surface area contributed by atoms with Crippen molar-refractivity contribution in [3.8, 4) is 17.3 Å². The molecule has 2 rings (SSSR count). The van der Waals surface area contributed by atoms with Crippen molar-refractivity contribution in [1.29, 1.82) is 5.26 Å². The SMILES string of the molecule is CSc1nc(-c2cc(F)cc(CBr)c2)c(C#N)c(=O)[nH]1. The molecule has 1 heterocycles. The zero-order chi connectivity index (χ0) is 14.7. The quantitative estimate of drug-likeness (QED) is 0.523. The lowest BCUT2D eigenvalue weighted by atomic mass is 10.1. The number of aromatic nitrogens is 2. The fourth-order valence-electron chi connectivity index (χ4n) is 1.73. The molecule has 0 aliphatic heterocycles. The first-order chi connectivity index (χ1) is 9.58. The average molecular weight is 354 g/mol. The number of rotatable bonds is 3. The number of hydrogen-bond donors (Lipinski definition) is 1. The van der Waals surface area contributed by atoms with Crippen LogP contribution in [0.15, 0.2) is 28.2 Å². The van der Waals surface area contributed by atoms with Crippen LogP contribution < -0.4 is 5.56 Å². The molecule has 0 spiro atoms. The second-order valence-electron chi connectivity index (χ2n) is 3.89.